The molecule has 0 aromatic rings. The lowest BCUT2D eigenvalue weighted by Gasteiger charge is -2.20. The second-order valence-corrected chi connectivity index (χ2v) is 6.38. The summed E-state index contributed by atoms with van der Waals surface area (Å²) in [7, 11) is -2.76. The minimum Gasteiger partial charge on any atom is -0.468 e. The predicted molar refractivity (Wildman–Crippen MR) is 61.4 cm³/mol. The fraction of sp³-hybridized carbons (Fsp3) is 0.667. The van der Waals surface area contributed by atoms with E-state index in [-0.39, 0.29) is 19.5 Å². The Morgan fingerprint density at radius 2 is 2.16 bits per heavy atom. The zero-order chi connectivity index (χ0) is 14.3. The first-order valence-corrected chi connectivity index (χ1v) is 7.08. The quantitative estimate of drug-likeness (QED) is 0.448. The second-order valence-electron chi connectivity index (χ2n) is 4.41. The van der Waals surface area contributed by atoms with Crippen LogP contribution in [0.2, 0.25) is 0 Å². The zero-order valence-corrected chi connectivity index (χ0v) is 10.9. The summed E-state index contributed by atoms with van der Waals surface area (Å²) in [5, 5.41) is 4.50. The Labute approximate surface area is 109 Å². The number of methoxy groups -OCH3 is 1. The van der Waals surface area contributed by atoms with E-state index in [0.29, 0.717) is 0 Å². The van der Waals surface area contributed by atoms with Gasteiger partial charge in [0.05, 0.1) is 7.11 Å². The molecule has 2 heterocycles. The van der Waals surface area contributed by atoms with Gasteiger partial charge in [-0.05, 0) is 6.42 Å². The number of amides is 3. The summed E-state index contributed by atoms with van der Waals surface area (Å²) < 4.78 is 29.1. The van der Waals surface area contributed by atoms with Gasteiger partial charge in [-0.25, -0.2) is 13.2 Å². The number of carbonyl (C=O) groups is 3. The molecule has 0 bridgehead atoms. The highest BCUT2D eigenvalue weighted by atomic mass is 32.2. The van der Waals surface area contributed by atoms with Crippen LogP contribution in [0.3, 0.4) is 0 Å². The van der Waals surface area contributed by atoms with Crippen molar-refractivity contribution in [1.82, 2.24) is 14.9 Å². The van der Waals surface area contributed by atoms with Crippen molar-refractivity contribution in [3.63, 3.8) is 0 Å². The van der Waals surface area contributed by atoms with Crippen molar-refractivity contribution in [1.29, 1.82) is 0 Å². The van der Waals surface area contributed by atoms with Gasteiger partial charge in [-0.3, -0.25) is 14.9 Å². The molecule has 0 aliphatic carbocycles. The third-order valence-corrected chi connectivity index (χ3v) is 4.87. The molecule has 0 aromatic carbocycles. The number of imide groups is 1. The maximum Gasteiger partial charge on any atom is 0.322 e. The lowest BCUT2D eigenvalue weighted by atomic mass is 10.00. The molecule has 0 aromatic heterocycles. The van der Waals surface area contributed by atoms with Crippen LogP contribution in [0.5, 0.6) is 0 Å². The van der Waals surface area contributed by atoms with Crippen LogP contribution in [0.1, 0.15) is 6.42 Å². The Morgan fingerprint density at radius 1 is 1.47 bits per heavy atom. The van der Waals surface area contributed by atoms with Crippen LogP contribution >= 0.6 is 0 Å². The largest absolute Gasteiger partial charge is 0.468 e. The molecule has 1 atom stereocenters. The average molecular weight is 291 g/mol. The lowest BCUT2D eigenvalue weighted by molar-refractivity contribution is -0.137. The molecule has 9 nitrogen and oxygen atoms in total. The van der Waals surface area contributed by atoms with E-state index >= 15 is 0 Å². The molecule has 2 aliphatic heterocycles. The Balaban J connectivity index is 2.12. The number of hydrogen-bond donors (Lipinski definition) is 2. The molecule has 10 heteroatoms. The number of nitrogens with zero attached hydrogens (tertiary/aromatic N) is 1. The summed E-state index contributed by atoms with van der Waals surface area (Å²) in [6.45, 7) is -0.114. The first-order valence-electron chi connectivity index (χ1n) is 5.47. The van der Waals surface area contributed by atoms with Crippen LogP contribution in [0.4, 0.5) is 4.79 Å². The maximum atomic E-state index is 11.9. The Hall–Kier alpha value is -1.68. The van der Waals surface area contributed by atoms with Crippen molar-refractivity contribution < 1.29 is 27.5 Å². The molecule has 1 spiro atoms. The first kappa shape index (κ1) is 13.7. The molecule has 2 rings (SSSR count). The predicted octanol–water partition coefficient (Wildman–Crippen LogP) is -2.23. The smallest absolute Gasteiger partial charge is 0.322 e. The van der Waals surface area contributed by atoms with Crippen LogP contribution < -0.4 is 10.6 Å². The topological polar surface area (TPSA) is 122 Å². The van der Waals surface area contributed by atoms with Gasteiger partial charge in [0.15, 0.2) is 5.75 Å². The van der Waals surface area contributed by atoms with Crippen molar-refractivity contribution in [3.05, 3.63) is 0 Å². The molecule has 106 valence electrons. The fourth-order valence-corrected chi connectivity index (χ4v) is 3.51. The van der Waals surface area contributed by atoms with Crippen molar-refractivity contribution in [2.75, 3.05) is 26.0 Å². The molecule has 2 saturated heterocycles. The molecule has 2 fully saturated rings. The van der Waals surface area contributed by atoms with Crippen molar-refractivity contribution in [3.8, 4) is 0 Å². The number of sulfonamides is 1. The maximum absolute atomic E-state index is 11.9. The van der Waals surface area contributed by atoms with Crippen molar-refractivity contribution in [2.24, 2.45) is 0 Å². The Kier molecular flexibility index (Phi) is 3.22. The molecule has 0 saturated carbocycles. The molecular formula is C9H13N3O6S. The molecule has 19 heavy (non-hydrogen) atoms. The normalized spacial score (nSPS) is 27.4. The standard InChI is InChI=1S/C9H13N3O6S/c1-18-6(13)4-19(16,17)12-3-2-9(5-12)7(14)10-8(15)11-9/h2-5H2,1H3,(H2,10,11,14,15). The third kappa shape index (κ3) is 2.40. The van der Waals surface area contributed by atoms with Crippen LogP contribution in [-0.2, 0) is 24.3 Å². The number of urea groups is 1. The minimum atomic E-state index is -3.85. The molecular weight excluding hydrogens is 278 g/mol. The van der Waals surface area contributed by atoms with E-state index in [1.807, 2.05) is 0 Å². The minimum absolute atomic E-state index is 0.0625. The molecule has 0 radical (unpaired) electrons. The van der Waals surface area contributed by atoms with Gasteiger partial charge >= 0.3 is 12.0 Å². The number of esters is 1. The summed E-state index contributed by atoms with van der Waals surface area (Å²) in [4.78, 5) is 33.8. The highest BCUT2D eigenvalue weighted by Gasteiger charge is 2.53. The first-order chi connectivity index (χ1) is 8.79. The van der Waals surface area contributed by atoms with Gasteiger partial charge < -0.3 is 10.1 Å². The van der Waals surface area contributed by atoms with Crippen molar-refractivity contribution >= 4 is 27.9 Å². The number of rotatable bonds is 3. The highest BCUT2D eigenvalue weighted by Crippen LogP contribution is 2.26. The summed E-state index contributed by atoms with van der Waals surface area (Å²) >= 11 is 0. The van der Waals surface area contributed by atoms with E-state index in [1.165, 1.54) is 0 Å². The fourth-order valence-electron chi connectivity index (χ4n) is 2.13. The number of hydrogen-bond acceptors (Lipinski definition) is 6. The number of ether oxygens (including phenoxy) is 1. The summed E-state index contributed by atoms with van der Waals surface area (Å²) in [6, 6.07) is -0.641. The van der Waals surface area contributed by atoms with Crippen molar-refractivity contribution in [2.45, 2.75) is 12.0 Å². The Bertz CT molecular complexity index is 544. The second kappa shape index (κ2) is 4.46. The van der Waals surface area contributed by atoms with E-state index in [0.717, 1.165) is 11.4 Å². The monoisotopic (exact) mass is 291 g/mol. The zero-order valence-electron chi connectivity index (χ0n) is 10.1. The van der Waals surface area contributed by atoms with Gasteiger partial charge in [0.2, 0.25) is 10.0 Å². The van der Waals surface area contributed by atoms with Gasteiger partial charge in [0.1, 0.15) is 5.54 Å². The van der Waals surface area contributed by atoms with E-state index in [9.17, 15) is 22.8 Å². The van der Waals surface area contributed by atoms with E-state index in [1.54, 1.807) is 0 Å². The summed E-state index contributed by atoms with van der Waals surface area (Å²) in [5.74, 6) is -2.20. The number of nitrogens with one attached hydrogen (secondary N) is 2. The van der Waals surface area contributed by atoms with Gasteiger partial charge in [-0.15, -0.1) is 0 Å². The van der Waals surface area contributed by atoms with Crippen LogP contribution in [-0.4, -0.2) is 62.1 Å². The van der Waals surface area contributed by atoms with Crippen LogP contribution in [0.25, 0.3) is 0 Å². The summed E-state index contributed by atoms with van der Waals surface area (Å²) in [5.41, 5.74) is -1.22. The number of carbonyl (C=O) groups excluding carboxylic acids is 3. The third-order valence-electron chi connectivity index (χ3n) is 3.17. The SMILES string of the molecule is COC(=O)CS(=O)(=O)N1CCC2(C1)NC(=O)NC2=O. The van der Waals surface area contributed by atoms with Gasteiger partial charge in [-0.2, -0.15) is 4.31 Å². The van der Waals surface area contributed by atoms with Crippen LogP contribution in [0, 0.1) is 0 Å². The van der Waals surface area contributed by atoms with Crippen LogP contribution in [0.15, 0.2) is 0 Å². The average Bonchev–Trinajstić information content (AvgIpc) is 2.84. The molecule has 2 N–H and O–H groups in total. The van der Waals surface area contributed by atoms with E-state index in [2.05, 4.69) is 15.4 Å². The van der Waals surface area contributed by atoms with Gasteiger partial charge in [0, 0.05) is 13.1 Å². The van der Waals surface area contributed by atoms with E-state index < -0.39 is 39.2 Å². The highest BCUT2D eigenvalue weighted by molar-refractivity contribution is 7.89. The van der Waals surface area contributed by atoms with Gasteiger partial charge in [-0.1, -0.05) is 0 Å². The lowest BCUT2D eigenvalue weighted by Crippen LogP contribution is -2.50. The Morgan fingerprint density at radius 3 is 2.68 bits per heavy atom. The van der Waals surface area contributed by atoms with Gasteiger partial charge in [0.25, 0.3) is 5.91 Å². The molecule has 1 unspecified atom stereocenters. The molecule has 3 amide bonds. The molecule has 2 aliphatic rings. The van der Waals surface area contributed by atoms with E-state index in [4.69, 9.17) is 0 Å². The summed E-state index contributed by atoms with van der Waals surface area (Å²) in [6.07, 6.45) is 0.172.